The number of carbonyl (C=O) groups is 5. The molecule has 0 radical (unpaired) electrons. The van der Waals surface area contributed by atoms with Crippen LogP contribution in [-0.4, -0.2) is 57.3 Å². The van der Waals surface area contributed by atoms with E-state index in [1.807, 2.05) is 0 Å². The van der Waals surface area contributed by atoms with Gasteiger partial charge in [0.2, 0.25) is 17.7 Å². The molecule has 0 aromatic carbocycles. The number of allylic oxidation sites excluding steroid dienone is 1. The summed E-state index contributed by atoms with van der Waals surface area (Å²) in [4.78, 5) is 60.8. The number of nitrogens with one attached hydrogen (secondary N) is 1. The number of β-lactam (4-membered cyclic amide) rings is 1. The zero-order chi connectivity index (χ0) is 18.9. The van der Waals surface area contributed by atoms with Crippen LogP contribution in [0.1, 0.15) is 33.6 Å². The second-order valence-electron chi connectivity index (χ2n) is 5.80. The molecule has 2 aliphatic heterocycles. The van der Waals surface area contributed by atoms with Gasteiger partial charge in [0.15, 0.2) is 0 Å². The summed E-state index contributed by atoms with van der Waals surface area (Å²) in [5.74, 6) is -2.38. The Labute approximate surface area is 148 Å². The SMILES string of the molecule is COC(=O)C(=C(C)C)N1C(=O)C(NC(C)=O)C1SN1C(=O)CCC1=O. The second-order valence-corrected chi connectivity index (χ2v) is 6.86. The first kappa shape index (κ1) is 19.0. The van der Waals surface area contributed by atoms with Crippen LogP contribution in [0.25, 0.3) is 0 Å². The lowest BCUT2D eigenvalue weighted by molar-refractivity contribution is -0.151. The van der Waals surface area contributed by atoms with Crippen LogP contribution in [0.3, 0.4) is 0 Å². The van der Waals surface area contributed by atoms with Crippen LogP contribution in [0.5, 0.6) is 0 Å². The average Bonchev–Trinajstić information content (AvgIpc) is 2.86. The van der Waals surface area contributed by atoms with Crippen molar-refractivity contribution in [2.24, 2.45) is 0 Å². The molecule has 0 aliphatic carbocycles. The molecule has 2 atom stereocenters. The quantitative estimate of drug-likeness (QED) is 0.237. The fourth-order valence-electron chi connectivity index (χ4n) is 2.58. The molecule has 4 amide bonds. The number of imide groups is 1. The van der Waals surface area contributed by atoms with Gasteiger partial charge >= 0.3 is 5.97 Å². The normalized spacial score (nSPS) is 22.6. The fraction of sp³-hybridized carbons (Fsp3) is 0.533. The van der Waals surface area contributed by atoms with Gasteiger partial charge in [-0.25, -0.2) is 9.10 Å². The summed E-state index contributed by atoms with van der Waals surface area (Å²) in [6.07, 6.45) is 0.202. The lowest BCUT2D eigenvalue weighted by atomic mass is 10.0. The van der Waals surface area contributed by atoms with Crippen molar-refractivity contribution in [2.45, 2.75) is 45.0 Å². The standard InChI is InChI=1S/C15H19N3O6S/c1-7(2)12(15(23)24-4)17-13(22)11(16-8(3)19)14(17)25-18-9(20)5-6-10(18)21/h11,14H,5-6H2,1-4H3,(H,16,19). The minimum Gasteiger partial charge on any atom is -0.464 e. The monoisotopic (exact) mass is 369 g/mol. The predicted molar refractivity (Wildman–Crippen MR) is 87.3 cm³/mol. The minimum atomic E-state index is -0.942. The van der Waals surface area contributed by atoms with E-state index in [1.165, 1.54) is 14.0 Å². The molecule has 1 N–H and O–H groups in total. The summed E-state index contributed by atoms with van der Waals surface area (Å²) < 4.78 is 5.71. The third-order valence-corrected chi connectivity index (χ3v) is 5.03. The maximum Gasteiger partial charge on any atom is 0.354 e. The second kappa shape index (κ2) is 7.26. The van der Waals surface area contributed by atoms with Crippen molar-refractivity contribution in [3.63, 3.8) is 0 Å². The van der Waals surface area contributed by atoms with E-state index < -0.39 is 29.2 Å². The van der Waals surface area contributed by atoms with Crippen molar-refractivity contribution in [3.8, 4) is 0 Å². The molecule has 136 valence electrons. The van der Waals surface area contributed by atoms with Crippen molar-refractivity contribution >= 4 is 41.5 Å². The number of likely N-dealkylation sites (tertiary alicyclic amines) is 1. The van der Waals surface area contributed by atoms with E-state index in [0.29, 0.717) is 5.57 Å². The lowest BCUT2D eigenvalue weighted by Crippen LogP contribution is -2.70. The zero-order valence-electron chi connectivity index (χ0n) is 14.3. The summed E-state index contributed by atoms with van der Waals surface area (Å²) in [7, 11) is 1.19. The molecule has 0 bridgehead atoms. The Bertz CT molecular complexity index is 669. The predicted octanol–water partition coefficient (Wildman–Crippen LogP) is -0.0765. The highest BCUT2D eigenvalue weighted by molar-refractivity contribution is 7.98. The summed E-state index contributed by atoms with van der Waals surface area (Å²) >= 11 is 0.828. The summed E-state index contributed by atoms with van der Waals surface area (Å²) in [6, 6.07) is -0.942. The Morgan fingerprint density at radius 1 is 1.12 bits per heavy atom. The molecule has 2 unspecified atom stereocenters. The van der Waals surface area contributed by atoms with Crippen molar-refractivity contribution in [1.29, 1.82) is 0 Å². The van der Waals surface area contributed by atoms with E-state index in [2.05, 4.69) is 5.32 Å². The molecule has 2 saturated heterocycles. The van der Waals surface area contributed by atoms with Crippen LogP contribution in [0, 0.1) is 0 Å². The van der Waals surface area contributed by atoms with Gasteiger partial charge in [0.1, 0.15) is 17.1 Å². The topological polar surface area (TPSA) is 113 Å². The number of ether oxygens (including phenoxy) is 1. The van der Waals surface area contributed by atoms with E-state index >= 15 is 0 Å². The number of rotatable bonds is 5. The molecule has 0 saturated carbocycles. The Hall–Kier alpha value is -2.36. The summed E-state index contributed by atoms with van der Waals surface area (Å²) in [5, 5.41) is 1.69. The molecule has 0 spiro atoms. The first-order valence-corrected chi connectivity index (χ1v) is 8.41. The Morgan fingerprint density at radius 2 is 1.68 bits per heavy atom. The van der Waals surface area contributed by atoms with E-state index in [9.17, 15) is 24.0 Å². The number of esters is 1. The molecule has 25 heavy (non-hydrogen) atoms. The van der Waals surface area contributed by atoms with Gasteiger partial charge in [-0.05, 0) is 31.4 Å². The molecule has 2 fully saturated rings. The molecular weight excluding hydrogens is 350 g/mol. The summed E-state index contributed by atoms with van der Waals surface area (Å²) in [6.45, 7) is 4.53. The third-order valence-electron chi connectivity index (χ3n) is 3.71. The van der Waals surface area contributed by atoms with Gasteiger partial charge in [-0.1, -0.05) is 0 Å². The number of carbonyl (C=O) groups excluding carboxylic acids is 5. The maximum absolute atomic E-state index is 12.5. The molecular formula is C15H19N3O6S. The number of hydrogen-bond acceptors (Lipinski definition) is 7. The van der Waals surface area contributed by atoms with Gasteiger partial charge in [-0.3, -0.25) is 24.1 Å². The van der Waals surface area contributed by atoms with Gasteiger partial charge in [0.25, 0.3) is 5.91 Å². The van der Waals surface area contributed by atoms with Crippen LogP contribution >= 0.6 is 11.9 Å². The number of methoxy groups -OCH3 is 1. The number of hydrogen-bond donors (Lipinski definition) is 1. The van der Waals surface area contributed by atoms with Crippen molar-refractivity contribution in [3.05, 3.63) is 11.3 Å². The molecule has 9 nitrogen and oxygen atoms in total. The van der Waals surface area contributed by atoms with E-state index in [-0.39, 0.29) is 30.4 Å². The Balaban J connectivity index is 2.34. The van der Waals surface area contributed by atoms with Gasteiger partial charge in [-0.15, -0.1) is 0 Å². The third kappa shape index (κ3) is 3.53. The van der Waals surface area contributed by atoms with Gasteiger partial charge < -0.3 is 10.1 Å². The molecule has 0 aromatic rings. The largest absolute Gasteiger partial charge is 0.464 e. The van der Waals surface area contributed by atoms with Crippen LogP contribution in [0.4, 0.5) is 0 Å². The van der Waals surface area contributed by atoms with Crippen molar-refractivity contribution < 1.29 is 28.7 Å². The number of amides is 4. The molecule has 2 heterocycles. The Morgan fingerprint density at radius 3 is 2.12 bits per heavy atom. The van der Waals surface area contributed by atoms with Crippen LogP contribution < -0.4 is 5.32 Å². The summed E-state index contributed by atoms with van der Waals surface area (Å²) in [5.41, 5.74) is 0.567. The first-order valence-electron chi connectivity index (χ1n) is 7.57. The molecule has 0 aromatic heterocycles. The Kier molecular flexibility index (Phi) is 5.51. The van der Waals surface area contributed by atoms with Gasteiger partial charge in [0.05, 0.1) is 7.11 Å². The highest BCUT2D eigenvalue weighted by atomic mass is 32.2. The van der Waals surface area contributed by atoms with E-state index in [4.69, 9.17) is 4.74 Å². The van der Waals surface area contributed by atoms with Crippen LogP contribution in [0.2, 0.25) is 0 Å². The van der Waals surface area contributed by atoms with Crippen molar-refractivity contribution in [1.82, 2.24) is 14.5 Å². The van der Waals surface area contributed by atoms with E-state index in [1.54, 1.807) is 13.8 Å². The molecule has 10 heteroatoms. The lowest BCUT2D eigenvalue weighted by Gasteiger charge is -2.47. The van der Waals surface area contributed by atoms with Gasteiger partial charge in [0, 0.05) is 19.8 Å². The van der Waals surface area contributed by atoms with Crippen molar-refractivity contribution in [2.75, 3.05) is 7.11 Å². The molecule has 2 aliphatic rings. The molecule has 2 rings (SSSR count). The fourth-order valence-corrected chi connectivity index (χ4v) is 3.83. The first-order chi connectivity index (χ1) is 11.7. The van der Waals surface area contributed by atoms with Crippen LogP contribution in [-0.2, 0) is 28.7 Å². The van der Waals surface area contributed by atoms with E-state index in [0.717, 1.165) is 21.2 Å². The maximum atomic E-state index is 12.5. The highest BCUT2D eigenvalue weighted by Crippen LogP contribution is 2.38. The smallest absolute Gasteiger partial charge is 0.354 e. The number of nitrogens with zero attached hydrogens (tertiary/aromatic N) is 2. The van der Waals surface area contributed by atoms with Crippen LogP contribution in [0.15, 0.2) is 11.3 Å². The average molecular weight is 369 g/mol. The zero-order valence-corrected chi connectivity index (χ0v) is 15.1. The highest BCUT2D eigenvalue weighted by Gasteiger charge is 2.54. The van der Waals surface area contributed by atoms with Gasteiger partial charge in [-0.2, -0.15) is 0 Å². The minimum absolute atomic E-state index is 0.0331.